The van der Waals surface area contributed by atoms with Crippen molar-refractivity contribution < 1.29 is 18.7 Å². The Kier molecular flexibility index (Phi) is 5.45. The van der Waals surface area contributed by atoms with Gasteiger partial charge in [0, 0.05) is 11.6 Å². The number of ketones is 1. The summed E-state index contributed by atoms with van der Waals surface area (Å²) in [4.78, 5) is 12.5. The lowest BCUT2D eigenvalue weighted by Crippen LogP contribution is -1.97. The molecule has 5 heteroatoms. The van der Waals surface area contributed by atoms with Crippen LogP contribution in [0.2, 0.25) is 5.02 Å². The van der Waals surface area contributed by atoms with E-state index in [1.54, 1.807) is 36.4 Å². The molecular formula is C24H16ClFO3. The quantitative estimate of drug-likeness (QED) is 0.471. The molecule has 0 bridgehead atoms. The Labute approximate surface area is 172 Å². The van der Waals surface area contributed by atoms with Crippen LogP contribution in [0.3, 0.4) is 0 Å². The van der Waals surface area contributed by atoms with Crippen molar-refractivity contribution in [2.24, 2.45) is 0 Å². The van der Waals surface area contributed by atoms with Gasteiger partial charge in [-0.3, -0.25) is 4.79 Å². The third-order valence-electron chi connectivity index (χ3n) is 4.39. The molecule has 0 amide bonds. The van der Waals surface area contributed by atoms with E-state index in [0.717, 1.165) is 5.56 Å². The maximum Gasteiger partial charge on any atom is 0.231 e. The lowest BCUT2D eigenvalue weighted by Gasteiger charge is -2.08. The first-order chi connectivity index (χ1) is 14.1. The molecular weight excluding hydrogens is 391 g/mol. The highest BCUT2D eigenvalue weighted by atomic mass is 35.5. The Morgan fingerprint density at radius 1 is 1.03 bits per heavy atom. The summed E-state index contributed by atoms with van der Waals surface area (Å²) in [5, 5.41) is 0.299. The molecule has 0 spiro atoms. The predicted octanol–water partition coefficient (Wildman–Crippen LogP) is 6.23. The topological polar surface area (TPSA) is 35.5 Å². The molecule has 4 rings (SSSR count). The third kappa shape index (κ3) is 4.39. The van der Waals surface area contributed by atoms with Crippen LogP contribution in [-0.2, 0) is 6.61 Å². The highest BCUT2D eigenvalue weighted by molar-refractivity contribution is 6.31. The van der Waals surface area contributed by atoms with Gasteiger partial charge in [-0.1, -0.05) is 60.2 Å². The zero-order valence-electron chi connectivity index (χ0n) is 15.3. The minimum Gasteiger partial charge on any atom is -0.489 e. The van der Waals surface area contributed by atoms with Gasteiger partial charge < -0.3 is 9.47 Å². The summed E-state index contributed by atoms with van der Waals surface area (Å²) < 4.78 is 24.5. The van der Waals surface area contributed by atoms with Crippen molar-refractivity contribution in [1.82, 2.24) is 0 Å². The Morgan fingerprint density at radius 3 is 2.66 bits per heavy atom. The van der Waals surface area contributed by atoms with Gasteiger partial charge >= 0.3 is 0 Å². The maximum atomic E-state index is 13.1. The van der Waals surface area contributed by atoms with Gasteiger partial charge in [0.2, 0.25) is 5.78 Å². The van der Waals surface area contributed by atoms with Crippen LogP contribution in [0.4, 0.5) is 4.39 Å². The third-order valence-corrected chi connectivity index (χ3v) is 4.74. The second-order valence-electron chi connectivity index (χ2n) is 6.41. The summed E-state index contributed by atoms with van der Waals surface area (Å²) in [5.74, 6) is 0.649. The minimum absolute atomic E-state index is 0.175. The number of carbonyl (C=O) groups excluding carboxylic acids is 1. The van der Waals surface area contributed by atoms with E-state index in [1.165, 1.54) is 12.1 Å². The molecule has 1 aliphatic rings. The van der Waals surface area contributed by atoms with Crippen molar-refractivity contribution >= 4 is 23.5 Å². The van der Waals surface area contributed by atoms with Crippen molar-refractivity contribution in [3.05, 3.63) is 112 Å². The molecule has 0 atom stereocenters. The molecule has 29 heavy (non-hydrogen) atoms. The molecule has 3 aromatic rings. The summed E-state index contributed by atoms with van der Waals surface area (Å²) in [6.07, 6.45) is 5.32. The first kappa shape index (κ1) is 19.0. The summed E-state index contributed by atoms with van der Waals surface area (Å²) in [6, 6.07) is 18.9. The monoisotopic (exact) mass is 406 g/mol. The normalized spacial score (nSPS) is 14.3. The van der Waals surface area contributed by atoms with Crippen LogP contribution in [0.25, 0.3) is 6.08 Å². The van der Waals surface area contributed by atoms with Crippen LogP contribution in [0, 0.1) is 5.82 Å². The number of rotatable bonds is 5. The van der Waals surface area contributed by atoms with Gasteiger partial charge in [-0.2, -0.15) is 0 Å². The predicted molar refractivity (Wildman–Crippen MR) is 111 cm³/mol. The fourth-order valence-corrected chi connectivity index (χ4v) is 3.10. The second kappa shape index (κ2) is 8.33. The SMILES string of the molecule is O=C1/C(=C/C=C/c2ccccc2)Oc2cc(OCc3ccc(F)cc3Cl)ccc21. The van der Waals surface area contributed by atoms with Crippen LogP contribution in [-0.4, -0.2) is 5.78 Å². The number of carbonyl (C=O) groups is 1. The molecule has 0 aromatic heterocycles. The first-order valence-corrected chi connectivity index (χ1v) is 9.35. The van der Waals surface area contributed by atoms with Gasteiger partial charge in [-0.15, -0.1) is 0 Å². The lowest BCUT2D eigenvalue weighted by atomic mass is 10.1. The summed E-state index contributed by atoms with van der Waals surface area (Å²) >= 11 is 6.02. The van der Waals surface area contributed by atoms with Crippen molar-refractivity contribution in [1.29, 1.82) is 0 Å². The van der Waals surface area contributed by atoms with Gasteiger partial charge in [0.25, 0.3) is 0 Å². The average Bonchev–Trinajstić information content (AvgIpc) is 3.03. The molecule has 0 unspecified atom stereocenters. The molecule has 3 aromatic carbocycles. The molecule has 0 N–H and O–H groups in total. The molecule has 3 nitrogen and oxygen atoms in total. The van der Waals surface area contributed by atoms with Gasteiger partial charge in [-0.05, 0) is 35.9 Å². The molecule has 0 radical (unpaired) electrons. The molecule has 0 saturated heterocycles. The number of allylic oxidation sites excluding steroid dienone is 3. The van der Waals surface area contributed by atoms with Gasteiger partial charge in [0.05, 0.1) is 10.6 Å². The number of Topliss-reactive ketones (excluding diaryl/α,β-unsaturated/α-hetero) is 1. The maximum absolute atomic E-state index is 13.1. The number of benzene rings is 3. The Bertz CT molecular complexity index is 1120. The minimum atomic E-state index is -0.399. The van der Waals surface area contributed by atoms with Gasteiger partial charge in [-0.25, -0.2) is 4.39 Å². The average molecular weight is 407 g/mol. The second-order valence-corrected chi connectivity index (χ2v) is 6.82. The largest absolute Gasteiger partial charge is 0.489 e. The van der Waals surface area contributed by atoms with Gasteiger partial charge in [0.1, 0.15) is 23.9 Å². The van der Waals surface area contributed by atoms with Crippen LogP contribution in [0.5, 0.6) is 11.5 Å². The van der Waals surface area contributed by atoms with E-state index < -0.39 is 5.82 Å². The van der Waals surface area contributed by atoms with E-state index in [4.69, 9.17) is 21.1 Å². The van der Waals surface area contributed by atoms with E-state index >= 15 is 0 Å². The zero-order chi connectivity index (χ0) is 20.2. The van der Waals surface area contributed by atoms with E-state index in [1.807, 2.05) is 36.4 Å². The Hall–Kier alpha value is -3.37. The summed E-state index contributed by atoms with van der Waals surface area (Å²) in [7, 11) is 0. The lowest BCUT2D eigenvalue weighted by molar-refractivity contribution is 0.101. The first-order valence-electron chi connectivity index (χ1n) is 8.97. The van der Waals surface area contributed by atoms with Gasteiger partial charge in [0.15, 0.2) is 5.76 Å². The molecule has 0 aliphatic carbocycles. The van der Waals surface area contributed by atoms with E-state index in [0.29, 0.717) is 27.6 Å². The molecule has 0 fully saturated rings. The van der Waals surface area contributed by atoms with Crippen molar-refractivity contribution in [3.63, 3.8) is 0 Å². The molecule has 144 valence electrons. The number of hydrogen-bond acceptors (Lipinski definition) is 3. The summed E-state index contributed by atoms with van der Waals surface area (Å²) in [6.45, 7) is 0.175. The van der Waals surface area contributed by atoms with Crippen LogP contribution in [0.15, 0.2) is 84.6 Å². The van der Waals surface area contributed by atoms with Crippen LogP contribution < -0.4 is 9.47 Å². The zero-order valence-corrected chi connectivity index (χ0v) is 16.0. The standard InChI is InChI=1S/C24H16ClFO3/c25-21-13-18(26)10-9-17(21)15-28-19-11-12-20-23(14-19)29-22(24(20)27)8-4-7-16-5-2-1-3-6-16/h1-14H,15H2/b7-4+,22-8-. The Balaban J connectivity index is 1.45. The number of halogens is 2. The van der Waals surface area contributed by atoms with Crippen molar-refractivity contribution in [3.8, 4) is 11.5 Å². The fraction of sp³-hybridized carbons (Fsp3) is 0.0417. The number of hydrogen-bond donors (Lipinski definition) is 0. The number of ether oxygens (including phenoxy) is 2. The van der Waals surface area contributed by atoms with Crippen molar-refractivity contribution in [2.45, 2.75) is 6.61 Å². The fourth-order valence-electron chi connectivity index (χ4n) is 2.88. The number of fused-ring (bicyclic) bond motifs is 1. The smallest absolute Gasteiger partial charge is 0.231 e. The highest BCUT2D eigenvalue weighted by Crippen LogP contribution is 2.34. The molecule has 1 heterocycles. The molecule has 1 aliphatic heterocycles. The van der Waals surface area contributed by atoms with E-state index in [-0.39, 0.29) is 18.1 Å². The van der Waals surface area contributed by atoms with Crippen molar-refractivity contribution in [2.75, 3.05) is 0 Å². The van der Waals surface area contributed by atoms with Crippen LogP contribution >= 0.6 is 11.6 Å². The summed E-state index contributed by atoms with van der Waals surface area (Å²) in [5.41, 5.74) is 2.18. The Morgan fingerprint density at radius 2 is 1.86 bits per heavy atom. The van der Waals surface area contributed by atoms with E-state index in [2.05, 4.69) is 0 Å². The molecule has 0 saturated carbocycles. The highest BCUT2D eigenvalue weighted by Gasteiger charge is 2.27. The van der Waals surface area contributed by atoms with E-state index in [9.17, 15) is 9.18 Å². The van der Waals surface area contributed by atoms with Crippen LogP contribution in [0.1, 0.15) is 21.5 Å².